The Morgan fingerprint density at radius 3 is 3.27 bits per heavy atom. The number of thiophene rings is 1. The van der Waals surface area contributed by atoms with Crippen LogP contribution in [0.25, 0.3) is 0 Å². The molecule has 1 heterocycles. The van der Waals surface area contributed by atoms with E-state index in [9.17, 15) is 5.11 Å². The van der Waals surface area contributed by atoms with Crippen LogP contribution in [0.3, 0.4) is 0 Å². The van der Waals surface area contributed by atoms with Gasteiger partial charge in [-0.05, 0) is 36.3 Å². The molecule has 1 nitrogen and oxygen atoms in total. The van der Waals surface area contributed by atoms with Crippen LogP contribution in [0, 0.1) is 6.92 Å². The minimum absolute atomic E-state index is 0.0828. The lowest BCUT2D eigenvalue weighted by molar-refractivity contribution is 0.160. The molecule has 1 aromatic heterocycles. The molecular weight excluding hydrogens is 156 g/mol. The van der Waals surface area contributed by atoms with Crippen LogP contribution in [0.4, 0.5) is 0 Å². The van der Waals surface area contributed by atoms with Gasteiger partial charge in [-0.25, -0.2) is 0 Å². The van der Waals surface area contributed by atoms with Gasteiger partial charge in [0.2, 0.25) is 0 Å². The van der Waals surface area contributed by atoms with Crippen molar-refractivity contribution >= 4 is 11.3 Å². The van der Waals surface area contributed by atoms with Crippen molar-refractivity contribution in [3.05, 3.63) is 21.4 Å². The monoisotopic (exact) mass is 168 g/mol. The van der Waals surface area contributed by atoms with Gasteiger partial charge in [0.25, 0.3) is 0 Å². The van der Waals surface area contributed by atoms with Gasteiger partial charge in [-0.1, -0.05) is 0 Å². The molecule has 1 atom stereocenters. The van der Waals surface area contributed by atoms with Gasteiger partial charge < -0.3 is 5.11 Å². The van der Waals surface area contributed by atoms with E-state index in [2.05, 4.69) is 12.3 Å². The van der Waals surface area contributed by atoms with E-state index in [-0.39, 0.29) is 6.10 Å². The molecule has 0 fully saturated rings. The molecule has 0 aromatic carbocycles. The van der Waals surface area contributed by atoms with Crippen molar-refractivity contribution in [2.24, 2.45) is 0 Å². The van der Waals surface area contributed by atoms with E-state index in [1.54, 1.807) is 11.3 Å². The Balaban J connectivity index is 2.36. The fourth-order valence-corrected chi connectivity index (χ4v) is 2.81. The number of rotatable bonds is 0. The summed E-state index contributed by atoms with van der Waals surface area (Å²) in [5, 5.41) is 11.6. The van der Waals surface area contributed by atoms with Gasteiger partial charge in [0, 0.05) is 11.3 Å². The maximum absolute atomic E-state index is 9.37. The lowest BCUT2D eigenvalue weighted by Gasteiger charge is -2.17. The van der Waals surface area contributed by atoms with Crippen LogP contribution < -0.4 is 0 Å². The highest BCUT2D eigenvalue weighted by atomic mass is 32.1. The van der Waals surface area contributed by atoms with Crippen molar-refractivity contribution in [2.45, 2.75) is 32.3 Å². The highest BCUT2D eigenvalue weighted by Crippen LogP contribution is 2.29. The highest BCUT2D eigenvalue weighted by Gasteiger charge is 2.18. The maximum atomic E-state index is 9.37. The number of hydrogen-bond acceptors (Lipinski definition) is 2. The Kier molecular flexibility index (Phi) is 1.74. The van der Waals surface area contributed by atoms with E-state index in [0.717, 1.165) is 19.3 Å². The van der Waals surface area contributed by atoms with Gasteiger partial charge >= 0.3 is 0 Å². The first-order valence-corrected chi connectivity index (χ1v) is 4.89. The summed E-state index contributed by atoms with van der Waals surface area (Å²) in [5.41, 5.74) is 2.91. The van der Waals surface area contributed by atoms with E-state index in [1.165, 1.54) is 16.0 Å². The minimum Gasteiger partial charge on any atom is -0.393 e. The van der Waals surface area contributed by atoms with Gasteiger partial charge in [0.05, 0.1) is 6.10 Å². The quantitative estimate of drug-likeness (QED) is 0.627. The van der Waals surface area contributed by atoms with Crippen LogP contribution in [0.1, 0.15) is 22.4 Å². The van der Waals surface area contributed by atoms with Crippen molar-refractivity contribution in [1.82, 2.24) is 0 Å². The van der Waals surface area contributed by atoms with Crippen LogP contribution in [0.15, 0.2) is 5.38 Å². The molecule has 1 aliphatic rings. The zero-order valence-corrected chi connectivity index (χ0v) is 7.45. The van der Waals surface area contributed by atoms with E-state index in [4.69, 9.17) is 0 Å². The molecule has 1 N–H and O–H groups in total. The van der Waals surface area contributed by atoms with E-state index in [1.807, 2.05) is 0 Å². The molecule has 0 aliphatic heterocycles. The molecule has 0 saturated carbocycles. The van der Waals surface area contributed by atoms with Gasteiger partial charge in [0.15, 0.2) is 0 Å². The van der Waals surface area contributed by atoms with Gasteiger partial charge in [-0.3, -0.25) is 0 Å². The normalized spacial score (nSPS) is 23.3. The first kappa shape index (κ1) is 7.32. The molecule has 0 spiro atoms. The number of aliphatic hydroxyl groups is 1. The lowest BCUT2D eigenvalue weighted by Crippen LogP contribution is -2.17. The predicted molar refractivity (Wildman–Crippen MR) is 47.1 cm³/mol. The zero-order valence-electron chi connectivity index (χ0n) is 6.63. The van der Waals surface area contributed by atoms with Crippen LogP contribution in [0.2, 0.25) is 0 Å². The predicted octanol–water partition coefficient (Wildman–Crippen LogP) is 1.91. The Bertz CT molecular complexity index is 265. The average molecular weight is 168 g/mol. The first-order valence-electron chi connectivity index (χ1n) is 4.01. The van der Waals surface area contributed by atoms with E-state index < -0.39 is 0 Å². The van der Waals surface area contributed by atoms with Crippen molar-refractivity contribution in [2.75, 3.05) is 0 Å². The largest absolute Gasteiger partial charge is 0.393 e. The van der Waals surface area contributed by atoms with Crippen LogP contribution in [0.5, 0.6) is 0 Å². The number of fused-ring (bicyclic) bond motifs is 1. The Hall–Kier alpha value is -0.340. The number of aryl methyl sites for hydroxylation is 1. The standard InChI is InChI=1S/C9H12OS/c1-6-5-11-9-4-7(10)2-3-8(6)9/h5,7,10H,2-4H2,1H3. The average Bonchev–Trinajstić information content (AvgIpc) is 2.32. The minimum atomic E-state index is -0.0828. The summed E-state index contributed by atoms with van der Waals surface area (Å²) in [6.45, 7) is 2.16. The Morgan fingerprint density at radius 1 is 1.64 bits per heavy atom. The van der Waals surface area contributed by atoms with Crippen molar-refractivity contribution in [3.8, 4) is 0 Å². The van der Waals surface area contributed by atoms with Gasteiger partial charge in [-0.2, -0.15) is 0 Å². The van der Waals surface area contributed by atoms with E-state index in [0.29, 0.717) is 0 Å². The summed E-state index contributed by atoms with van der Waals surface area (Å²) in [5.74, 6) is 0. The zero-order chi connectivity index (χ0) is 7.84. The maximum Gasteiger partial charge on any atom is 0.0591 e. The molecule has 1 aromatic rings. The SMILES string of the molecule is Cc1csc2c1CCC(O)C2. The third-order valence-electron chi connectivity index (χ3n) is 2.34. The molecule has 1 unspecified atom stereocenters. The van der Waals surface area contributed by atoms with Crippen LogP contribution in [-0.4, -0.2) is 11.2 Å². The summed E-state index contributed by atoms with van der Waals surface area (Å²) in [6, 6.07) is 0. The third kappa shape index (κ3) is 1.21. The van der Waals surface area contributed by atoms with Crippen LogP contribution in [-0.2, 0) is 12.8 Å². The highest BCUT2D eigenvalue weighted by molar-refractivity contribution is 7.10. The number of hydrogen-bond donors (Lipinski definition) is 1. The molecule has 0 amide bonds. The van der Waals surface area contributed by atoms with Crippen molar-refractivity contribution in [1.29, 1.82) is 0 Å². The summed E-state index contributed by atoms with van der Waals surface area (Å²) in [7, 11) is 0. The molecule has 1 aliphatic carbocycles. The molecule has 0 saturated heterocycles. The first-order chi connectivity index (χ1) is 5.27. The molecule has 2 rings (SSSR count). The fraction of sp³-hybridized carbons (Fsp3) is 0.556. The molecular formula is C9H12OS. The number of aliphatic hydroxyl groups excluding tert-OH is 1. The molecule has 0 radical (unpaired) electrons. The summed E-state index contributed by atoms with van der Waals surface area (Å²) in [4.78, 5) is 1.40. The summed E-state index contributed by atoms with van der Waals surface area (Å²) in [6.07, 6.45) is 2.82. The lowest BCUT2D eigenvalue weighted by atomic mass is 9.94. The van der Waals surface area contributed by atoms with Gasteiger partial charge in [-0.15, -0.1) is 11.3 Å². The second-order valence-corrected chi connectivity index (χ2v) is 4.18. The second-order valence-electron chi connectivity index (χ2n) is 3.22. The Labute approximate surface area is 70.7 Å². The fourth-order valence-electron chi connectivity index (χ4n) is 1.66. The molecule has 11 heavy (non-hydrogen) atoms. The van der Waals surface area contributed by atoms with E-state index >= 15 is 0 Å². The smallest absolute Gasteiger partial charge is 0.0591 e. The second kappa shape index (κ2) is 2.61. The van der Waals surface area contributed by atoms with Gasteiger partial charge in [0.1, 0.15) is 0 Å². The van der Waals surface area contributed by atoms with Crippen molar-refractivity contribution < 1.29 is 5.11 Å². The molecule has 60 valence electrons. The molecule has 0 bridgehead atoms. The topological polar surface area (TPSA) is 20.2 Å². The molecule has 2 heteroatoms. The van der Waals surface area contributed by atoms with Crippen molar-refractivity contribution in [3.63, 3.8) is 0 Å². The Morgan fingerprint density at radius 2 is 2.45 bits per heavy atom. The third-order valence-corrected chi connectivity index (χ3v) is 3.51. The summed E-state index contributed by atoms with van der Waals surface area (Å²) >= 11 is 1.80. The summed E-state index contributed by atoms with van der Waals surface area (Å²) < 4.78 is 0. The van der Waals surface area contributed by atoms with Crippen LogP contribution >= 0.6 is 11.3 Å².